The zero-order valence-corrected chi connectivity index (χ0v) is 15.4. The van der Waals surface area contributed by atoms with E-state index >= 15 is 0 Å². The third kappa shape index (κ3) is 3.55. The first-order chi connectivity index (χ1) is 12.8. The first kappa shape index (κ1) is 18.3. The van der Waals surface area contributed by atoms with E-state index in [1.165, 1.54) is 6.42 Å². The molecule has 1 aromatic heterocycles. The quantitative estimate of drug-likeness (QED) is 0.764. The molecule has 2 aliphatic heterocycles. The lowest BCUT2D eigenvalue weighted by molar-refractivity contribution is -0.137. The Kier molecular flexibility index (Phi) is 4.63. The lowest BCUT2D eigenvalue weighted by atomic mass is 10.1. The number of halogens is 4. The highest BCUT2D eigenvalue weighted by atomic mass is 35.5. The molecule has 0 radical (unpaired) electrons. The van der Waals surface area contributed by atoms with Crippen LogP contribution in [0.1, 0.15) is 24.5 Å². The number of hydrogen-bond donors (Lipinski definition) is 2. The van der Waals surface area contributed by atoms with Crippen molar-refractivity contribution in [1.29, 1.82) is 0 Å². The molecule has 3 heterocycles. The van der Waals surface area contributed by atoms with E-state index < -0.39 is 16.9 Å². The van der Waals surface area contributed by atoms with Crippen LogP contribution in [0.25, 0.3) is 0 Å². The van der Waals surface area contributed by atoms with Crippen molar-refractivity contribution < 1.29 is 13.2 Å². The molecule has 2 aromatic rings. The molecule has 27 heavy (non-hydrogen) atoms. The lowest BCUT2D eigenvalue weighted by Crippen LogP contribution is -2.43. The van der Waals surface area contributed by atoms with Gasteiger partial charge in [-0.15, -0.1) is 0 Å². The number of rotatable bonds is 4. The van der Waals surface area contributed by atoms with Gasteiger partial charge in [-0.2, -0.15) is 13.2 Å². The third-order valence-electron chi connectivity index (χ3n) is 5.15. The maximum absolute atomic E-state index is 12.8. The molecule has 0 unspecified atom stereocenters. The summed E-state index contributed by atoms with van der Waals surface area (Å²) in [5, 5.41) is 5.86. The average Bonchev–Trinajstić information content (AvgIpc) is 3.24. The molecule has 0 spiro atoms. The highest BCUT2D eigenvalue weighted by Gasteiger charge is 2.37. The van der Waals surface area contributed by atoms with E-state index in [0.29, 0.717) is 18.3 Å². The van der Waals surface area contributed by atoms with E-state index in [1.807, 2.05) is 19.1 Å². The summed E-state index contributed by atoms with van der Waals surface area (Å²) in [5.41, 5.74) is 1.93. The molecule has 2 saturated heterocycles. The number of aryl methyl sites for hydroxylation is 1. The van der Waals surface area contributed by atoms with Crippen LogP contribution in [-0.2, 0) is 12.6 Å². The van der Waals surface area contributed by atoms with Gasteiger partial charge in [0, 0.05) is 42.7 Å². The van der Waals surface area contributed by atoms with Crippen molar-refractivity contribution in [3.8, 4) is 0 Å². The minimum atomic E-state index is -4.57. The predicted octanol–water partition coefficient (Wildman–Crippen LogP) is 4.01. The summed E-state index contributed by atoms with van der Waals surface area (Å²) < 4.78 is 38.4. The molecule has 1 aromatic carbocycles. The van der Waals surface area contributed by atoms with Crippen molar-refractivity contribution in [2.45, 2.75) is 38.0 Å². The second-order valence-electron chi connectivity index (χ2n) is 6.86. The van der Waals surface area contributed by atoms with Crippen molar-refractivity contribution in [3.63, 3.8) is 0 Å². The topological polar surface area (TPSA) is 53.1 Å². The Hall–Kier alpha value is -2.06. The molecule has 4 rings (SSSR count). The van der Waals surface area contributed by atoms with Crippen molar-refractivity contribution >= 4 is 28.9 Å². The van der Waals surface area contributed by atoms with Gasteiger partial charge >= 0.3 is 6.18 Å². The van der Waals surface area contributed by atoms with E-state index in [2.05, 4.69) is 31.6 Å². The number of nitrogens with zero attached hydrogens (tertiary/aromatic N) is 3. The third-order valence-corrected chi connectivity index (χ3v) is 5.44. The highest BCUT2D eigenvalue weighted by molar-refractivity contribution is 6.30. The van der Waals surface area contributed by atoms with Gasteiger partial charge in [-0.25, -0.2) is 9.97 Å². The molecule has 2 atom stereocenters. The minimum Gasteiger partial charge on any atom is -0.366 e. The van der Waals surface area contributed by atoms with Crippen LogP contribution < -0.4 is 15.5 Å². The summed E-state index contributed by atoms with van der Waals surface area (Å²) in [6.07, 6.45) is -1.94. The van der Waals surface area contributed by atoms with E-state index in [-0.39, 0.29) is 5.95 Å². The Bertz CT molecular complexity index is 857. The van der Waals surface area contributed by atoms with Gasteiger partial charge in [0.2, 0.25) is 5.95 Å². The van der Waals surface area contributed by atoms with Crippen LogP contribution in [0.15, 0.2) is 24.4 Å². The number of aromatic nitrogens is 2. The molecular weight excluding hydrogens is 379 g/mol. The highest BCUT2D eigenvalue weighted by Crippen LogP contribution is 2.35. The average molecular weight is 398 g/mol. The fraction of sp³-hybridized carbons (Fsp3) is 0.444. The number of anilines is 3. The van der Waals surface area contributed by atoms with E-state index in [1.54, 1.807) is 0 Å². The summed E-state index contributed by atoms with van der Waals surface area (Å²) in [6, 6.07) is 7.14. The zero-order valence-electron chi connectivity index (χ0n) is 14.6. The van der Waals surface area contributed by atoms with Gasteiger partial charge in [0.05, 0.1) is 0 Å². The fourth-order valence-corrected chi connectivity index (χ4v) is 4.02. The van der Waals surface area contributed by atoms with Gasteiger partial charge in [-0.3, -0.25) is 0 Å². The minimum absolute atomic E-state index is 0.0416. The van der Waals surface area contributed by atoms with Gasteiger partial charge in [-0.05, 0) is 36.6 Å². The predicted molar refractivity (Wildman–Crippen MR) is 98.7 cm³/mol. The van der Waals surface area contributed by atoms with Crippen LogP contribution in [0.5, 0.6) is 0 Å². The van der Waals surface area contributed by atoms with Crippen LogP contribution in [0.3, 0.4) is 0 Å². The molecule has 144 valence electrons. The molecule has 2 bridgehead atoms. The fourth-order valence-electron chi connectivity index (χ4n) is 3.78. The molecule has 9 heteroatoms. The molecule has 2 N–H and O–H groups in total. The molecule has 2 fully saturated rings. The Balaban J connectivity index is 1.56. The molecule has 0 saturated carbocycles. The Morgan fingerprint density at radius 2 is 2.19 bits per heavy atom. The summed E-state index contributed by atoms with van der Waals surface area (Å²) >= 11 is 5.68. The summed E-state index contributed by atoms with van der Waals surface area (Å²) in [4.78, 5) is 9.92. The summed E-state index contributed by atoms with van der Waals surface area (Å²) in [6.45, 7) is 4.03. The molecular formula is C18H19ClF3N5. The number of fused-ring (bicyclic) bond motifs is 2. The molecule has 0 amide bonds. The van der Waals surface area contributed by atoms with Gasteiger partial charge in [0.15, 0.2) is 0 Å². The molecule has 2 aliphatic rings. The Labute approximate surface area is 159 Å². The second kappa shape index (κ2) is 6.83. The Morgan fingerprint density at radius 3 is 2.78 bits per heavy atom. The van der Waals surface area contributed by atoms with Crippen LogP contribution in [-0.4, -0.2) is 35.1 Å². The van der Waals surface area contributed by atoms with Crippen molar-refractivity contribution in [2.24, 2.45) is 0 Å². The summed E-state index contributed by atoms with van der Waals surface area (Å²) in [5.74, 6) is 0.0416. The number of alkyl halides is 3. The van der Waals surface area contributed by atoms with Gasteiger partial charge in [0.1, 0.15) is 10.7 Å². The lowest BCUT2D eigenvalue weighted by Gasteiger charge is -2.30. The number of nitrogens with one attached hydrogen (secondary N) is 2. The van der Waals surface area contributed by atoms with Crippen LogP contribution in [0.4, 0.5) is 30.5 Å². The number of benzene rings is 1. The number of piperazine rings is 1. The standard InChI is InChI=1S/C18H19ClF3N5/c1-2-10-5-12(27-9-11-6-13(27)7-23-11)3-4-15(10)25-17-24-8-14(16(19)26-17)18(20,21)22/h3-5,8,11,13,23H,2,6-7,9H2,1H3,(H,24,25,26)/t11-,13-/m0/s1. The molecule has 0 aliphatic carbocycles. The van der Waals surface area contributed by atoms with Crippen molar-refractivity contribution in [2.75, 3.05) is 23.3 Å². The Morgan fingerprint density at radius 1 is 1.37 bits per heavy atom. The molecule has 5 nitrogen and oxygen atoms in total. The SMILES string of the molecule is CCc1cc(N2C[C@@H]3C[C@H]2CN3)ccc1Nc1ncc(C(F)(F)F)c(Cl)n1. The second-order valence-corrected chi connectivity index (χ2v) is 7.22. The van der Waals surface area contributed by atoms with E-state index in [4.69, 9.17) is 11.6 Å². The monoisotopic (exact) mass is 397 g/mol. The van der Waals surface area contributed by atoms with Gasteiger partial charge in [0.25, 0.3) is 0 Å². The van der Waals surface area contributed by atoms with Crippen molar-refractivity contribution in [1.82, 2.24) is 15.3 Å². The largest absolute Gasteiger partial charge is 0.420 e. The van der Waals surface area contributed by atoms with Gasteiger partial charge in [-0.1, -0.05) is 18.5 Å². The van der Waals surface area contributed by atoms with E-state index in [9.17, 15) is 13.2 Å². The van der Waals surface area contributed by atoms with Crippen LogP contribution in [0.2, 0.25) is 5.15 Å². The van der Waals surface area contributed by atoms with Crippen molar-refractivity contribution in [3.05, 3.63) is 40.7 Å². The smallest absolute Gasteiger partial charge is 0.366 e. The van der Waals surface area contributed by atoms with Gasteiger partial charge < -0.3 is 15.5 Å². The van der Waals surface area contributed by atoms with Crippen LogP contribution in [0, 0.1) is 0 Å². The van der Waals surface area contributed by atoms with E-state index in [0.717, 1.165) is 36.4 Å². The number of hydrogen-bond acceptors (Lipinski definition) is 5. The van der Waals surface area contributed by atoms with Crippen LogP contribution >= 0.6 is 11.6 Å². The zero-order chi connectivity index (χ0) is 19.2. The maximum atomic E-state index is 12.8. The maximum Gasteiger partial charge on any atom is 0.420 e. The normalized spacial score (nSPS) is 21.7. The first-order valence-electron chi connectivity index (χ1n) is 8.85. The summed E-state index contributed by atoms with van der Waals surface area (Å²) in [7, 11) is 0. The first-order valence-corrected chi connectivity index (χ1v) is 9.22.